The Morgan fingerprint density at radius 3 is 2.64 bits per heavy atom. The lowest BCUT2D eigenvalue weighted by Crippen LogP contribution is -2.45. The van der Waals surface area contributed by atoms with Gasteiger partial charge in [-0.05, 0) is 38.1 Å². The van der Waals surface area contributed by atoms with Gasteiger partial charge in [0.15, 0.2) is 6.29 Å². The quantitative estimate of drug-likeness (QED) is 0.888. The Hall–Kier alpha value is -2.31. The molecule has 4 N–H and O–H groups in total. The number of hydrogen-bond donors (Lipinski definition) is 2. The molecule has 1 unspecified atom stereocenters. The molecule has 1 aromatic carbocycles. The first-order chi connectivity index (χ1) is 10.5. The lowest BCUT2D eigenvalue weighted by atomic mass is 10.2. The van der Waals surface area contributed by atoms with Crippen LogP contribution in [0.25, 0.3) is 5.82 Å². The minimum Gasteiger partial charge on any atom is -0.384 e. The number of halogens is 1. The molecule has 0 radical (unpaired) electrons. The molecule has 7 heteroatoms. The van der Waals surface area contributed by atoms with E-state index in [0.717, 1.165) is 22.9 Å². The van der Waals surface area contributed by atoms with Crippen LogP contribution in [0.1, 0.15) is 11.4 Å². The van der Waals surface area contributed by atoms with E-state index in [0.29, 0.717) is 10.9 Å². The summed E-state index contributed by atoms with van der Waals surface area (Å²) in [5.74, 6) is 1.11. The maximum Gasteiger partial charge on any atom is 0.181 e. The fourth-order valence-electron chi connectivity index (χ4n) is 2.52. The topological polar surface area (TPSA) is 85.5 Å². The molecule has 0 amide bonds. The van der Waals surface area contributed by atoms with Gasteiger partial charge in [-0.3, -0.25) is 10.6 Å². The van der Waals surface area contributed by atoms with Crippen molar-refractivity contribution in [2.75, 3.05) is 4.90 Å². The van der Waals surface area contributed by atoms with Crippen molar-refractivity contribution in [3.05, 3.63) is 52.8 Å². The van der Waals surface area contributed by atoms with Gasteiger partial charge in [-0.2, -0.15) is 5.10 Å². The van der Waals surface area contributed by atoms with Crippen molar-refractivity contribution in [1.82, 2.24) is 9.78 Å². The maximum atomic E-state index is 6.17. The van der Waals surface area contributed by atoms with Gasteiger partial charge in [-0.15, -0.1) is 0 Å². The van der Waals surface area contributed by atoms with Gasteiger partial charge in [-0.1, -0.05) is 17.7 Å². The Labute approximate surface area is 133 Å². The second-order valence-corrected chi connectivity index (χ2v) is 5.60. The highest BCUT2D eigenvalue weighted by Gasteiger charge is 2.26. The summed E-state index contributed by atoms with van der Waals surface area (Å²) in [5.41, 5.74) is 14.8. The highest BCUT2D eigenvalue weighted by atomic mass is 35.5. The molecule has 1 aromatic heterocycles. The Bertz CT molecular complexity index is 776. The van der Waals surface area contributed by atoms with Gasteiger partial charge in [0.1, 0.15) is 11.7 Å². The molecule has 1 aliphatic rings. The predicted molar refractivity (Wildman–Crippen MR) is 89.5 cm³/mol. The van der Waals surface area contributed by atoms with E-state index in [1.165, 1.54) is 0 Å². The monoisotopic (exact) mass is 316 g/mol. The van der Waals surface area contributed by atoms with Crippen LogP contribution in [0.3, 0.4) is 0 Å². The number of benzene rings is 1. The Balaban J connectivity index is 2.14. The molecule has 1 aliphatic heterocycles. The van der Waals surface area contributed by atoms with E-state index < -0.39 is 6.29 Å². The van der Waals surface area contributed by atoms with Crippen LogP contribution >= 0.6 is 11.6 Å². The lowest BCUT2D eigenvalue weighted by Gasteiger charge is -2.33. The van der Waals surface area contributed by atoms with Crippen molar-refractivity contribution in [2.45, 2.75) is 20.1 Å². The van der Waals surface area contributed by atoms with Crippen LogP contribution < -0.4 is 16.4 Å². The highest BCUT2D eigenvalue weighted by molar-refractivity contribution is 6.30. The van der Waals surface area contributed by atoms with Gasteiger partial charge >= 0.3 is 0 Å². The number of amidine groups is 1. The summed E-state index contributed by atoms with van der Waals surface area (Å²) in [6.07, 6.45) is 1.12. The Kier molecular flexibility index (Phi) is 3.64. The number of nitrogens with two attached hydrogens (primary N) is 2. The third-order valence-corrected chi connectivity index (χ3v) is 3.62. The van der Waals surface area contributed by atoms with E-state index in [1.54, 1.807) is 10.8 Å². The van der Waals surface area contributed by atoms with Crippen LogP contribution in [0.15, 0.2) is 41.4 Å². The second kappa shape index (κ2) is 5.47. The number of rotatable bonds is 2. The van der Waals surface area contributed by atoms with E-state index >= 15 is 0 Å². The molecule has 0 saturated heterocycles. The van der Waals surface area contributed by atoms with Crippen LogP contribution in [-0.4, -0.2) is 21.9 Å². The lowest BCUT2D eigenvalue weighted by molar-refractivity contribution is 0.676. The smallest absolute Gasteiger partial charge is 0.181 e. The Morgan fingerprint density at radius 2 is 2.00 bits per heavy atom. The molecule has 6 nitrogen and oxygen atoms in total. The summed E-state index contributed by atoms with van der Waals surface area (Å²) in [7, 11) is 0. The zero-order chi connectivity index (χ0) is 15.9. The molecule has 0 bridgehead atoms. The number of nitrogens with zero attached hydrogens (tertiary/aromatic N) is 4. The van der Waals surface area contributed by atoms with Crippen molar-refractivity contribution < 1.29 is 0 Å². The van der Waals surface area contributed by atoms with Crippen molar-refractivity contribution >= 4 is 28.9 Å². The first kappa shape index (κ1) is 14.6. The molecule has 3 rings (SSSR count). The van der Waals surface area contributed by atoms with E-state index in [2.05, 4.69) is 10.1 Å². The first-order valence-corrected chi connectivity index (χ1v) is 7.22. The van der Waals surface area contributed by atoms with Gasteiger partial charge in [0.2, 0.25) is 0 Å². The molecule has 2 heterocycles. The number of hydrogen-bond acceptors (Lipinski definition) is 5. The summed E-state index contributed by atoms with van der Waals surface area (Å²) in [6.45, 7) is 3.92. The van der Waals surface area contributed by atoms with Crippen molar-refractivity contribution in [1.29, 1.82) is 0 Å². The molecule has 2 aromatic rings. The maximum absolute atomic E-state index is 6.17. The average molecular weight is 317 g/mol. The standard InChI is InChI=1S/C15H17ClN6/c1-9-6-10(2)22(20-9)14-8-13(17)19-15(18)21(14)12-5-3-4-11(16)7-12/h3-8,15H,18H2,1-2H3,(H2,17,19). The van der Waals surface area contributed by atoms with Gasteiger partial charge in [-0.25, -0.2) is 9.67 Å². The zero-order valence-electron chi connectivity index (χ0n) is 12.4. The summed E-state index contributed by atoms with van der Waals surface area (Å²) < 4.78 is 1.80. The van der Waals surface area contributed by atoms with Crippen LogP contribution in [0.4, 0.5) is 5.69 Å². The van der Waals surface area contributed by atoms with E-state index in [4.69, 9.17) is 23.1 Å². The molecule has 0 fully saturated rings. The summed E-state index contributed by atoms with van der Waals surface area (Å²) in [5, 5.41) is 5.13. The molecular formula is C15H17ClN6. The van der Waals surface area contributed by atoms with Gasteiger partial charge in [0.25, 0.3) is 0 Å². The fourth-order valence-corrected chi connectivity index (χ4v) is 2.70. The van der Waals surface area contributed by atoms with Crippen molar-refractivity contribution in [3.8, 4) is 0 Å². The molecule has 1 atom stereocenters. The first-order valence-electron chi connectivity index (χ1n) is 6.85. The summed E-state index contributed by atoms with van der Waals surface area (Å²) >= 11 is 6.10. The third-order valence-electron chi connectivity index (χ3n) is 3.38. The van der Waals surface area contributed by atoms with Gasteiger partial charge in [0.05, 0.1) is 5.69 Å². The van der Waals surface area contributed by atoms with Crippen LogP contribution in [-0.2, 0) is 0 Å². The predicted octanol–water partition coefficient (Wildman–Crippen LogP) is 2.07. The molecule has 0 aliphatic carbocycles. The normalized spacial score (nSPS) is 18.2. The molecule has 114 valence electrons. The van der Waals surface area contributed by atoms with E-state index in [9.17, 15) is 0 Å². The fraction of sp³-hybridized carbons (Fsp3) is 0.200. The summed E-state index contributed by atoms with van der Waals surface area (Å²) in [6, 6.07) is 9.42. The molecule has 0 saturated carbocycles. The average Bonchev–Trinajstić information content (AvgIpc) is 2.76. The third kappa shape index (κ3) is 2.58. The number of aliphatic imine (C=N–C) groups is 1. The SMILES string of the molecule is Cc1cc(C)n(C2=CC(N)=NC(N)N2c2cccc(Cl)c2)n1. The van der Waals surface area contributed by atoms with Crippen LogP contribution in [0.5, 0.6) is 0 Å². The van der Waals surface area contributed by atoms with E-state index in [1.807, 2.05) is 49.1 Å². The molecular weight excluding hydrogens is 300 g/mol. The second-order valence-electron chi connectivity index (χ2n) is 5.16. The zero-order valence-corrected chi connectivity index (χ0v) is 13.1. The van der Waals surface area contributed by atoms with E-state index in [-0.39, 0.29) is 0 Å². The highest BCUT2D eigenvalue weighted by Crippen LogP contribution is 2.29. The molecule has 22 heavy (non-hydrogen) atoms. The van der Waals surface area contributed by atoms with Gasteiger partial charge in [0, 0.05) is 22.5 Å². The minimum atomic E-state index is -0.637. The van der Waals surface area contributed by atoms with Gasteiger partial charge < -0.3 is 5.73 Å². The van der Waals surface area contributed by atoms with Crippen LogP contribution in [0, 0.1) is 13.8 Å². The number of anilines is 1. The summed E-state index contributed by atoms with van der Waals surface area (Å²) in [4.78, 5) is 6.07. The molecule has 0 spiro atoms. The minimum absolute atomic E-state index is 0.369. The van der Waals surface area contributed by atoms with Crippen LogP contribution in [0.2, 0.25) is 5.02 Å². The van der Waals surface area contributed by atoms with Crippen molar-refractivity contribution in [3.63, 3.8) is 0 Å². The number of aryl methyl sites for hydroxylation is 2. The van der Waals surface area contributed by atoms with Crippen molar-refractivity contribution in [2.24, 2.45) is 16.5 Å². The number of aromatic nitrogens is 2. The Morgan fingerprint density at radius 1 is 1.23 bits per heavy atom. The largest absolute Gasteiger partial charge is 0.384 e.